The van der Waals surface area contributed by atoms with E-state index in [0.29, 0.717) is 0 Å². The lowest BCUT2D eigenvalue weighted by atomic mass is 9.82. The first-order valence-electron chi connectivity index (χ1n) is 16.5. The highest BCUT2D eigenvalue weighted by molar-refractivity contribution is 7.26. The highest BCUT2D eigenvalue weighted by Gasteiger charge is 2.24. The SMILES string of the molecule is NC(c1ccccc1)C(c1ccccc1)c1ccc(-n2c3ccccc3c3cc(-c4cccc5c4sc4ccccc45)ccc32)cc1.NN. The van der Waals surface area contributed by atoms with Gasteiger partial charge >= 0.3 is 0 Å². The molecule has 0 bridgehead atoms. The van der Waals surface area contributed by atoms with Crippen molar-refractivity contribution in [2.24, 2.45) is 17.4 Å². The quantitative estimate of drug-likeness (QED) is 0.123. The Kier molecular flexibility index (Phi) is 8.25. The van der Waals surface area contributed by atoms with Crippen molar-refractivity contribution in [1.29, 1.82) is 0 Å². The van der Waals surface area contributed by atoms with Crippen LogP contribution in [0.4, 0.5) is 0 Å². The van der Waals surface area contributed by atoms with Crippen LogP contribution in [0.3, 0.4) is 0 Å². The minimum absolute atomic E-state index is 0.0324. The molecule has 2 atom stereocenters. The number of nitrogens with two attached hydrogens (primary N) is 3. The first kappa shape index (κ1) is 30.8. The lowest BCUT2D eigenvalue weighted by Crippen LogP contribution is -2.21. The number of hydrogen-bond acceptors (Lipinski definition) is 4. The highest BCUT2D eigenvalue weighted by Crippen LogP contribution is 2.42. The van der Waals surface area contributed by atoms with Crippen molar-refractivity contribution in [2.75, 3.05) is 0 Å². The Hall–Kier alpha value is -5.56. The van der Waals surface area contributed by atoms with Crippen LogP contribution in [0, 0.1) is 0 Å². The van der Waals surface area contributed by atoms with Crippen LogP contribution in [0.2, 0.25) is 0 Å². The fraction of sp³-hybridized carbons (Fsp3) is 0.0455. The van der Waals surface area contributed by atoms with E-state index in [1.807, 2.05) is 17.4 Å². The van der Waals surface area contributed by atoms with Crippen LogP contribution in [0.25, 0.3) is 58.8 Å². The molecule has 5 heteroatoms. The molecule has 0 aliphatic carbocycles. The second-order valence-corrected chi connectivity index (χ2v) is 13.3. The van der Waals surface area contributed by atoms with Gasteiger partial charge in [0.1, 0.15) is 0 Å². The number of aromatic nitrogens is 1. The van der Waals surface area contributed by atoms with Gasteiger partial charge in [-0.1, -0.05) is 133 Å². The maximum atomic E-state index is 7.00. The van der Waals surface area contributed by atoms with E-state index in [4.69, 9.17) is 5.73 Å². The van der Waals surface area contributed by atoms with E-state index < -0.39 is 0 Å². The molecule has 0 saturated carbocycles. The zero-order valence-corrected chi connectivity index (χ0v) is 27.7. The van der Waals surface area contributed by atoms with E-state index in [9.17, 15) is 0 Å². The third-order valence-corrected chi connectivity index (χ3v) is 10.8. The molecule has 9 rings (SSSR count). The average molecular weight is 653 g/mol. The van der Waals surface area contributed by atoms with Gasteiger partial charge in [0.2, 0.25) is 0 Å². The number of fused-ring (bicyclic) bond motifs is 6. The molecule has 0 radical (unpaired) electrons. The summed E-state index contributed by atoms with van der Waals surface area (Å²) >= 11 is 1.88. The van der Waals surface area contributed by atoms with Crippen molar-refractivity contribution in [1.82, 2.24) is 4.57 Å². The molecule has 0 spiro atoms. The van der Waals surface area contributed by atoms with E-state index in [-0.39, 0.29) is 12.0 Å². The number of nitrogens with zero attached hydrogens (tertiary/aromatic N) is 1. The zero-order chi connectivity index (χ0) is 33.3. The van der Waals surface area contributed by atoms with Crippen LogP contribution in [-0.2, 0) is 0 Å². The van der Waals surface area contributed by atoms with Crippen LogP contribution < -0.4 is 17.4 Å². The van der Waals surface area contributed by atoms with Gasteiger partial charge in [-0.2, -0.15) is 0 Å². The topological polar surface area (TPSA) is 83.0 Å². The molecule has 2 heterocycles. The van der Waals surface area contributed by atoms with Gasteiger partial charge in [0, 0.05) is 48.6 Å². The van der Waals surface area contributed by atoms with Crippen LogP contribution in [-0.4, -0.2) is 4.57 Å². The monoisotopic (exact) mass is 652 g/mol. The summed E-state index contributed by atoms with van der Waals surface area (Å²) in [6, 6.07) is 61.1. The summed E-state index contributed by atoms with van der Waals surface area (Å²) in [6.45, 7) is 0. The molecule has 49 heavy (non-hydrogen) atoms. The molecule has 7 aromatic carbocycles. The molecule has 0 amide bonds. The molecular formula is C44H36N4S. The van der Waals surface area contributed by atoms with Crippen molar-refractivity contribution in [2.45, 2.75) is 12.0 Å². The summed E-state index contributed by atoms with van der Waals surface area (Å²) in [5.41, 5.74) is 16.6. The van der Waals surface area contributed by atoms with Crippen molar-refractivity contribution in [3.8, 4) is 16.8 Å². The Bertz CT molecular complexity index is 2530. The average Bonchev–Trinajstić information content (AvgIpc) is 3.72. The Balaban J connectivity index is 0.00000171. The van der Waals surface area contributed by atoms with E-state index in [0.717, 1.165) is 11.3 Å². The van der Waals surface area contributed by atoms with Crippen molar-refractivity contribution in [3.63, 3.8) is 0 Å². The first-order chi connectivity index (χ1) is 24.2. The predicted octanol–water partition coefficient (Wildman–Crippen LogP) is 10.5. The van der Waals surface area contributed by atoms with Gasteiger partial charge in [-0.15, -0.1) is 11.3 Å². The summed E-state index contributed by atoms with van der Waals surface area (Å²) in [4.78, 5) is 0. The van der Waals surface area contributed by atoms with Crippen LogP contribution in [0.15, 0.2) is 170 Å². The molecule has 9 aromatic rings. The largest absolute Gasteiger partial charge is 0.323 e. The molecule has 238 valence electrons. The molecule has 6 N–H and O–H groups in total. The van der Waals surface area contributed by atoms with E-state index in [1.165, 1.54) is 64.2 Å². The molecule has 0 aliphatic rings. The third-order valence-electron chi connectivity index (χ3n) is 9.60. The van der Waals surface area contributed by atoms with Crippen molar-refractivity contribution in [3.05, 3.63) is 187 Å². The lowest BCUT2D eigenvalue weighted by Gasteiger charge is -2.26. The number of hydrogen-bond donors (Lipinski definition) is 3. The van der Waals surface area contributed by atoms with Gasteiger partial charge in [-0.05, 0) is 64.2 Å². The van der Waals surface area contributed by atoms with Gasteiger partial charge in [0.15, 0.2) is 0 Å². The number of benzene rings is 7. The van der Waals surface area contributed by atoms with Crippen molar-refractivity contribution < 1.29 is 0 Å². The van der Waals surface area contributed by atoms with Gasteiger partial charge in [0.25, 0.3) is 0 Å². The van der Waals surface area contributed by atoms with Gasteiger partial charge in [0.05, 0.1) is 11.0 Å². The van der Waals surface area contributed by atoms with E-state index in [2.05, 4.69) is 180 Å². The standard InChI is InChI=1S/C44H32N2S.H4N2/c45-43(31-14-5-2-6-15-31)42(29-12-3-1-4-13-29)30-22-25-33(26-23-30)46-39-20-9-7-16-35(39)38-28-32(24-27-40(38)46)34-18-11-19-37-36-17-8-10-21-41(36)47-44(34)37;1-2/h1-28,42-43H,45H2;1-2H2. The Morgan fingerprint density at radius 1 is 0.469 bits per heavy atom. The lowest BCUT2D eigenvalue weighted by molar-refractivity contribution is 0.629. The number of thiophene rings is 1. The molecule has 2 aromatic heterocycles. The summed E-state index contributed by atoms with van der Waals surface area (Å²) in [5.74, 6) is 8.03. The van der Waals surface area contributed by atoms with Gasteiger partial charge in [-0.25, -0.2) is 0 Å². The van der Waals surface area contributed by atoms with Gasteiger partial charge in [-0.3, -0.25) is 11.7 Å². The Labute approximate surface area is 289 Å². The van der Waals surface area contributed by atoms with Crippen molar-refractivity contribution >= 4 is 53.3 Å². The number of hydrazine groups is 1. The maximum Gasteiger partial charge on any atom is 0.0541 e. The molecule has 0 fully saturated rings. The van der Waals surface area contributed by atoms with Crippen LogP contribution in [0.1, 0.15) is 28.7 Å². The number of rotatable bonds is 6. The fourth-order valence-corrected chi connectivity index (χ4v) is 8.60. The van der Waals surface area contributed by atoms with E-state index >= 15 is 0 Å². The Morgan fingerprint density at radius 2 is 1.06 bits per heavy atom. The molecule has 2 unspecified atom stereocenters. The minimum atomic E-state index is -0.165. The van der Waals surface area contributed by atoms with Crippen LogP contribution in [0.5, 0.6) is 0 Å². The smallest absolute Gasteiger partial charge is 0.0541 e. The predicted molar refractivity (Wildman–Crippen MR) is 209 cm³/mol. The molecule has 4 nitrogen and oxygen atoms in total. The van der Waals surface area contributed by atoms with Crippen LogP contribution >= 0.6 is 11.3 Å². The third kappa shape index (κ3) is 5.39. The zero-order valence-electron chi connectivity index (χ0n) is 26.9. The highest BCUT2D eigenvalue weighted by atomic mass is 32.1. The summed E-state index contributed by atoms with van der Waals surface area (Å²) in [7, 11) is 0. The normalized spacial score (nSPS) is 12.6. The van der Waals surface area contributed by atoms with Gasteiger partial charge < -0.3 is 10.3 Å². The summed E-state index contributed by atoms with van der Waals surface area (Å²) in [5, 5.41) is 5.17. The molecule has 0 saturated heterocycles. The minimum Gasteiger partial charge on any atom is -0.323 e. The summed E-state index contributed by atoms with van der Waals surface area (Å²) < 4.78 is 5.07. The first-order valence-corrected chi connectivity index (χ1v) is 17.3. The number of para-hydroxylation sites is 1. The summed E-state index contributed by atoms with van der Waals surface area (Å²) in [6.07, 6.45) is 0. The fourth-order valence-electron chi connectivity index (χ4n) is 7.36. The van der Waals surface area contributed by atoms with E-state index in [1.54, 1.807) is 0 Å². The maximum absolute atomic E-state index is 7.00. The second-order valence-electron chi connectivity index (χ2n) is 12.3. The second kappa shape index (κ2) is 13.2. The molecular weight excluding hydrogens is 617 g/mol. The Morgan fingerprint density at radius 3 is 1.82 bits per heavy atom. The molecule has 0 aliphatic heterocycles.